The van der Waals surface area contributed by atoms with Crippen molar-refractivity contribution in [2.45, 2.75) is 32.2 Å². The number of unbranched alkanes of at least 4 members (excludes halogenated alkanes) is 1. The van der Waals surface area contributed by atoms with Crippen LogP contribution in [0.25, 0.3) is 11.4 Å². The molecule has 1 atom stereocenters. The predicted molar refractivity (Wildman–Crippen MR) is 93.8 cm³/mol. The topological polar surface area (TPSA) is 82.2 Å². The highest BCUT2D eigenvalue weighted by Crippen LogP contribution is 2.21. The van der Waals surface area contributed by atoms with Crippen LogP contribution in [-0.2, 0) is 4.79 Å². The van der Waals surface area contributed by atoms with Crippen LogP contribution < -0.4 is 0 Å². The van der Waals surface area contributed by atoms with Gasteiger partial charge in [0.15, 0.2) is 5.82 Å². The third kappa shape index (κ3) is 3.55. The second kappa shape index (κ2) is 7.46. The monoisotopic (exact) mass is 341 g/mol. The molecule has 0 aliphatic carbocycles. The van der Waals surface area contributed by atoms with Crippen LogP contribution in [0.4, 0.5) is 0 Å². The van der Waals surface area contributed by atoms with Gasteiger partial charge in [-0.05, 0) is 18.6 Å². The van der Waals surface area contributed by atoms with Crippen molar-refractivity contribution in [1.29, 1.82) is 0 Å². The maximum atomic E-state index is 12.9. The van der Waals surface area contributed by atoms with Crippen molar-refractivity contribution >= 4 is 11.8 Å². The second-order valence-electron chi connectivity index (χ2n) is 6.33. The standard InChI is InChI=1S/C18H23N5O2/c1-3-4-5-15-18(25)22(2)10-11-23(15)17(24)14-8-6-13(7-9-14)16-19-12-20-21-16/h6-9,12,15H,3-5,10-11H2,1-2H3,(H,19,20,21)/t15-/m0/s1. The first-order chi connectivity index (χ1) is 12.1. The van der Waals surface area contributed by atoms with Gasteiger partial charge in [0, 0.05) is 31.3 Å². The van der Waals surface area contributed by atoms with Gasteiger partial charge in [-0.15, -0.1) is 0 Å². The van der Waals surface area contributed by atoms with E-state index in [2.05, 4.69) is 22.1 Å². The highest BCUT2D eigenvalue weighted by molar-refractivity contribution is 5.98. The summed E-state index contributed by atoms with van der Waals surface area (Å²) in [7, 11) is 1.80. The van der Waals surface area contributed by atoms with Gasteiger partial charge in [0.2, 0.25) is 5.91 Å². The first-order valence-corrected chi connectivity index (χ1v) is 8.63. The van der Waals surface area contributed by atoms with E-state index in [1.807, 2.05) is 12.1 Å². The van der Waals surface area contributed by atoms with E-state index >= 15 is 0 Å². The van der Waals surface area contributed by atoms with E-state index in [-0.39, 0.29) is 17.9 Å². The third-order valence-corrected chi connectivity index (χ3v) is 4.63. The van der Waals surface area contributed by atoms with Gasteiger partial charge in [0.25, 0.3) is 5.91 Å². The molecule has 0 bridgehead atoms. The second-order valence-corrected chi connectivity index (χ2v) is 6.33. The fraction of sp³-hybridized carbons (Fsp3) is 0.444. The zero-order valence-electron chi connectivity index (χ0n) is 14.6. The third-order valence-electron chi connectivity index (χ3n) is 4.63. The number of H-pyrrole nitrogens is 1. The van der Waals surface area contributed by atoms with E-state index in [4.69, 9.17) is 0 Å². The van der Waals surface area contributed by atoms with Crippen LogP contribution in [0.15, 0.2) is 30.6 Å². The number of nitrogens with one attached hydrogen (secondary N) is 1. The molecule has 132 valence electrons. The molecule has 25 heavy (non-hydrogen) atoms. The highest BCUT2D eigenvalue weighted by Gasteiger charge is 2.35. The number of likely N-dealkylation sites (N-methyl/N-ethyl adjacent to an activating group) is 1. The number of rotatable bonds is 5. The van der Waals surface area contributed by atoms with Crippen molar-refractivity contribution in [3.05, 3.63) is 36.2 Å². The fourth-order valence-electron chi connectivity index (χ4n) is 3.11. The van der Waals surface area contributed by atoms with Gasteiger partial charge in [-0.1, -0.05) is 31.9 Å². The van der Waals surface area contributed by atoms with Crippen LogP contribution in [-0.4, -0.2) is 63.0 Å². The summed E-state index contributed by atoms with van der Waals surface area (Å²) in [6.45, 7) is 3.23. The first-order valence-electron chi connectivity index (χ1n) is 8.63. The Kier molecular flexibility index (Phi) is 5.11. The molecule has 2 amide bonds. The molecule has 3 rings (SSSR count). The fourth-order valence-corrected chi connectivity index (χ4v) is 3.11. The maximum Gasteiger partial charge on any atom is 0.254 e. The molecule has 0 unspecified atom stereocenters. The predicted octanol–water partition coefficient (Wildman–Crippen LogP) is 1.94. The minimum Gasteiger partial charge on any atom is -0.342 e. The van der Waals surface area contributed by atoms with Gasteiger partial charge < -0.3 is 9.80 Å². The summed E-state index contributed by atoms with van der Waals surface area (Å²) < 4.78 is 0. The van der Waals surface area contributed by atoms with Gasteiger partial charge >= 0.3 is 0 Å². The lowest BCUT2D eigenvalue weighted by Gasteiger charge is -2.39. The van der Waals surface area contributed by atoms with Crippen LogP contribution in [0.1, 0.15) is 36.5 Å². The minimum absolute atomic E-state index is 0.0336. The number of aromatic nitrogens is 3. The lowest BCUT2D eigenvalue weighted by Crippen LogP contribution is -2.57. The average molecular weight is 341 g/mol. The van der Waals surface area contributed by atoms with Crippen molar-refractivity contribution < 1.29 is 9.59 Å². The summed E-state index contributed by atoms with van der Waals surface area (Å²) in [5.41, 5.74) is 1.45. The van der Waals surface area contributed by atoms with Crippen LogP contribution in [0.5, 0.6) is 0 Å². The van der Waals surface area contributed by atoms with E-state index in [0.29, 0.717) is 30.9 Å². The summed E-state index contributed by atoms with van der Waals surface area (Å²) in [4.78, 5) is 33.0. The van der Waals surface area contributed by atoms with E-state index < -0.39 is 0 Å². The molecule has 0 radical (unpaired) electrons. The molecular weight excluding hydrogens is 318 g/mol. The SMILES string of the molecule is CCCC[C@H]1C(=O)N(C)CCN1C(=O)c1ccc(-c2ncn[nH]2)cc1. The van der Waals surface area contributed by atoms with E-state index in [1.54, 1.807) is 29.0 Å². The molecule has 1 aromatic carbocycles. The van der Waals surface area contributed by atoms with E-state index in [9.17, 15) is 9.59 Å². The lowest BCUT2D eigenvalue weighted by atomic mass is 10.0. The first kappa shape index (κ1) is 17.1. The minimum atomic E-state index is -0.361. The maximum absolute atomic E-state index is 12.9. The summed E-state index contributed by atoms with van der Waals surface area (Å²) in [6.07, 6.45) is 4.09. The number of hydrogen-bond donors (Lipinski definition) is 1. The number of amides is 2. The molecule has 2 aromatic rings. The Labute approximate surface area is 147 Å². The number of aromatic amines is 1. The molecule has 1 aromatic heterocycles. The zero-order valence-corrected chi connectivity index (χ0v) is 14.6. The number of carbonyl (C=O) groups is 2. The summed E-state index contributed by atoms with van der Waals surface area (Å²) >= 11 is 0. The Balaban J connectivity index is 1.79. The highest BCUT2D eigenvalue weighted by atomic mass is 16.2. The number of hydrogen-bond acceptors (Lipinski definition) is 4. The quantitative estimate of drug-likeness (QED) is 0.901. The normalized spacial score (nSPS) is 17.8. The summed E-state index contributed by atoms with van der Waals surface area (Å²) in [5.74, 6) is 0.604. The summed E-state index contributed by atoms with van der Waals surface area (Å²) in [5, 5.41) is 6.63. The zero-order chi connectivity index (χ0) is 17.8. The van der Waals surface area contributed by atoms with Crippen molar-refractivity contribution in [3.8, 4) is 11.4 Å². The molecule has 1 N–H and O–H groups in total. The summed E-state index contributed by atoms with van der Waals surface area (Å²) in [6, 6.07) is 6.87. The van der Waals surface area contributed by atoms with E-state index in [0.717, 1.165) is 18.4 Å². The molecule has 7 heteroatoms. The number of nitrogens with zero attached hydrogens (tertiary/aromatic N) is 4. The lowest BCUT2D eigenvalue weighted by molar-refractivity contribution is -0.138. The Bertz CT molecular complexity index is 726. The molecule has 1 saturated heterocycles. The van der Waals surface area contributed by atoms with Crippen LogP contribution in [0, 0.1) is 0 Å². The van der Waals surface area contributed by atoms with Crippen LogP contribution in [0.3, 0.4) is 0 Å². The molecule has 0 spiro atoms. The van der Waals surface area contributed by atoms with Crippen molar-refractivity contribution in [2.24, 2.45) is 0 Å². The van der Waals surface area contributed by atoms with Gasteiger partial charge in [-0.3, -0.25) is 14.7 Å². The van der Waals surface area contributed by atoms with Crippen LogP contribution >= 0.6 is 0 Å². The van der Waals surface area contributed by atoms with Crippen LogP contribution in [0.2, 0.25) is 0 Å². The molecular formula is C18H23N5O2. The Morgan fingerprint density at radius 3 is 2.68 bits per heavy atom. The van der Waals surface area contributed by atoms with Crippen molar-refractivity contribution in [1.82, 2.24) is 25.0 Å². The molecule has 0 saturated carbocycles. The van der Waals surface area contributed by atoms with E-state index in [1.165, 1.54) is 6.33 Å². The number of piperazine rings is 1. The Morgan fingerprint density at radius 1 is 1.28 bits per heavy atom. The number of carbonyl (C=O) groups excluding carboxylic acids is 2. The molecule has 1 fully saturated rings. The van der Waals surface area contributed by atoms with Gasteiger partial charge in [0.1, 0.15) is 12.4 Å². The van der Waals surface area contributed by atoms with Gasteiger partial charge in [-0.25, -0.2) is 4.98 Å². The number of benzene rings is 1. The molecule has 2 heterocycles. The molecule has 1 aliphatic rings. The largest absolute Gasteiger partial charge is 0.342 e. The Hall–Kier alpha value is -2.70. The average Bonchev–Trinajstić information content (AvgIpc) is 3.17. The van der Waals surface area contributed by atoms with Gasteiger partial charge in [0.05, 0.1) is 0 Å². The van der Waals surface area contributed by atoms with Gasteiger partial charge in [-0.2, -0.15) is 5.10 Å². The van der Waals surface area contributed by atoms with Crippen molar-refractivity contribution in [3.63, 3.8) is 0 Å². The Morgan fingerprint density at radius 2 is 2.04 bits per heavy atom. The molecule has 7 nitrogen and oxygen atoms in total. The van der Waals surface area contributed by atoms with Crippen molar-refractivity contribution in [2.75, 3.05) is 20.1 Å². The smallest absolute Gasteiger partial charge is 0.254 e. The molecule has 1 aliphatic heterocycles.